The molecule has 132 valence electrons. The van der Waals surface area contributed by atoms with Gasteiger partial charge in [0.1, 0.15) is 0 Å². The van der Waals surface area contributed by atoms with Crippen molar-refractivity contribution in [2.75, 3.05) is 5.88 Å². The first-order valence-electron chi connectivity index (χ1n) is 8.78. The van der Waals surface area contributed by atoms with Crippen molar-refractivity contribution in [3.05, 3.63) is 103 Å². The second-order valence-corrected chi connectivity index (χ2v) is 10.7. The molecular formula is C23H23ClOSi. The van der Waals surface area contributed by atoms with Gasteiger partial charge in [0.2, 0.25) is 0 Å². The van der Waals surface area contributed by atoms with Crippen LogP contribution in [0, 0.1) is 0 Å². The van der Waals surface area contributed by atoms with E-state index in [9.17, 15) is 5.11 Å². The minimum Gasteiger partial charge on any atom is -0.392 e. The Morgan fingerprint density at radius 1 is 0.769 bits per heavy atom. The molecule has 0 amide bonds. The molecule has 0 aliphatic heterocycles. The Morgan fingerprint density at radius 3 is 1.42 bits per heavy atom. The normalized spacial score (nSPS) is 12.5. The van der Waals surface area contributed by atoms with Crippen molar-refractivity contribution in [1.29, 1.82) is 0 Å². The van der Waals surface area contributed by atoms with Crippen LogP contribution in [0.1, 0.15) is 6.42 Å². The van der Waals surface area contributed by atoms with Crippen molar-refractivity contribution >= 4 is 35.2 Å². The standard InChI is InChI=1S/C23H23ClOSi/c1-19(17-20(25)18-24)26(21-11-5-2-6-12-21,22-13-7-3-8-14-22)23-15-9-4-10-16-23/h2-16,20,25H,1,17-18H2. The highest BCUT2D eigenvalue weighted by atomic mass is 35.5. The van der Waals surface area contributed by atoms with Gasteiger partial charge in [-0.3, -0.25) is 0 Å². The topological polar surface area (TPSA) is 20.2 Å². The highest BCUT2D eigenvalue weighted by molar-refractivity contribution is 7.16. The van der Waals surface area contributed by atoms with E-state index in [1.54, 1.807) is 0 Å². The summed E-state index contributed by atoms with van der Waals surface area (Å²) in [6.07, 6.45) is -0.0961. The number of hydrogen-bond donors (Lipinski definition) is 1. The number of hydrogen-bond acceptors (Lipinski definition) is 1. The van der Waals surface area contributed by atoms with Crippen molar-refractivity contribution in [3.8, 4) is 0 Å². The number of benzene rings is 3. The third-order valence-corrected chi connectivity index (χ3v) is 10.0. The fraction of sp³-hybridized carbons (Fsp3) is 0.130. The van der Waals surface area contributed by atoms with Crippen LogP contribution in [-0.2, 0) is 0 Å². The Morgan fingerprint density at radius 2 is 1.12 bits per heavy atom. The minimum atomic E-state index is -2.52. The van der Waals surface area contributed by atoms with E-state index in [4.69, 9.17) is 11.6 Å². The van der Waals surface area contributed by atoms with Crippen LogP contribution >= 0.6 is 11.6 Å². The molecule has 0 radical (unpaired) electrons. The minimum absolute atomic E-state index is 0.210. The summed E-state index contributed by atoms with van der Waals surface area (Å²) in [6, 6.07) is 31.7. The van der Waals surface area contributed by atoms with Crippen LogP contribution in [0.3, 0.4) is 0 Å². The van der Waals surface area contributed by atoms with Gasteiger partial charge in [-0.2, -0.15) is 0 Å². The van der Waals surface area contributed by atoms with Gasteiger partial charge in [0.15, 0.2) is 8.07 Å². The van der Waals surface area contributed by atoms with E-state index in [0.29, 0.717) is 6.42 Å². The molecule has 0 saturated carbocycles. The maximum Gasteiger partial charge on any atom is 0.175 e. The molecule has 0 aliphatic carbocycles. The Kier molecular flexibility index (Phi) is 6.10. The average molecular weight is 379 g/mol. The van der Waals surface area contributed by atoms with Gasteiger partial charge in [0.05, 0.1) is 6.10 Å². The van der Waals surface area contributed by atoms with Crippen LogP contribution in [0.25, 0.3) is 0 Å². The molecule has 26 heavy (non-hydrogen) atoms. The van der Waals surface area contributed by atoms with Gasteiger partial charge in [-0.15, -0.1) is 18.2 Å². The van der Waals surface area contributed by atoms with Crippen LogP contribution in [0.4, 0.5) is 0 Å². The second kappa shape index (κ2) is 8.50. The lowest BCUT2D eigenvalue weighted by molar-refractivity contribution is 0.200. The summed E-state index contributed by atoms with van der Waals surface area (Å²) in [4.78, 5) is 0. The fourth-order valence-corrected chi connectivity index (χ4v) is 8.62. The molecule has 0 spiro atoms. The molecule has 1 atom stereocenters. The Labute approximate surface area is 161 Å². The maximum absolute atomic E-state index is 10.3. The molecule has 0 aliphatic rings. The van der Waals surface area contributed by atoms with E-state index < -0.39 is 14.2 Å². The molecule has 3 aromatic rings. The quantitative estimate of drug-likeness (QED) is 0.380. The zero-order valence-corrected chi connectivity index (χ0v) is 16.4. The van der Waals surface area contributed by atoms with E-state index in [1.807, 2.05) is 18.2 Å². The average Bonchev–Trinajstić information content (AvgIpc) is 2.71. The van der Waals surface area contributed by atoms with E-state index in [2.05, 4.69) is 79.4 Å². The monoisotopic (exact) mass is 378 g/mol. The molecule has 3 heteroatoms. The summed E-state index contributed by atoms with van der Waals surface area (Å²) in [7, 11) is -2.52. The van der Waals surface area contributed by atoms with Crippen LogP contribution in [0.5, 0.6) is 0 Å². The van der Waals surface area contributed by atoms with Crippen LogP contribution in [0.2, 0.25) is 0 Å². The third-order valence-electron chi connectivity index (χ3n) is 4.81. The van der Waals surface area contributed by atoms with Crippen molar-refractivity contribution in [3.63, 3.8) is 0 Å². The molecule has 3 aromatic carbocycles. The summed E-state index contributed by atoms with van der Waals surface area (Å²) < 4.78 is 0. The Bertz CT molecular complexity index is 737. The summed E-state index contributed by atoms with van der Waals surface area (Å²) in [5, 5.41) is 15.1. The fourth-order valence-electron chi connectivity index (χ4n) is 3.67. The number of alkyl halides is 1. The first kappa shape index (κ1) is 18.7. The number of rotatable bonds is 7. The maximum atomic E-state index is 10.3. The van der Waals surface area contributed by atoms with Gasteiger partial charge < -0.3 is 5.11 Å². The predicted molar refractivity (Wildman–Crippen MR) is 114 cm³/mol. The van der Waals surface area contributed by atoms with Gasteiger partial charge in [-0.25, -0.2) is 0 Å². The number of halogens is 1. The zero-order valence-electron chi connectivity index (χ0n) is 14.7. The molecular weight excluding hydrogens is 356 g/mol. The number of aliphatic hydroxyl groups is 1. The predicted octanol–water partition coefficient (Wildman–Crippen LogP) is 3.24. The molecule has 3 rings (SSSR count). The largest absolute Gasteiger partial charge is 0.392 e. The van der Waals surface area contributed by atoms with E-state index in [-0.39, 0.29) is 5.88 Å². The highest BCUT2D eigenvalue weighted by Crippen LogP contribution is 2.20. The molecule has 0 heterocycles. The van der Waals surface area contributed by atoms with Crippen LogP contribution in [-0.4, -0.2) is 25.2 Å². The lowest BCUT2D eigenvalue weighted by Crippen LogP contribution is -2.68. The third kappa shape index (κ3) is 3.54. The molecule has 0 aromatic heterocycles. The summed E-state index contributed by atoms with van der Waals surface area (Å²) >= 11 is 5.91. The van der Waals surface area contributed by atoms with Gasteiger partial charge in [0.25, 0.3) is 0 Å². The van der Waals surface area contributed by atoms with Crippen molar-refractivity contribution in [1.82, 2.24) is 0 Å². The lowest BCUT2D eigenvalue weighted by Gasteiger charge is -2.36. The summed E-state index contributed by atoms with van der Waals surface area (Å²) in [5.74, 6) is 0.210. The van der Waals surface area contributed by atoms with Crippen molar-refractivity contribution in [2.24, 2.45) is 0 Å². The SMILES string of the molecule is C=C(CC(O)CCl)[Si](c1ccccc1)(c1ccccc1)c1ccccc1. The van der Waals surface area contributed by atoms with Crippen molar-refractivity contribution < 1.29 is 5.11 Å². The number of aliphatic hydroxyl groups excluding tert-OH is 1. The van der Waals surface area contributed by atoms with E-state index in [0.717, 1.165) is 5.20 Å². The molecule has 0 bridgehead atoms. The Hall–Kier alpha value is -2.13. The van der Waals surface area contributed by atoms with Gasteiger partial charge in [-0.05, 0) is 22.0 Å². The smallest absolute Gasteiger partial charge is 0.175 e. The van der Waals surface area contributed by atoms with Crippen molar-refractivity contribution in [2.45, 2.75) is 12.5 Å². The molecule has 0 fully saturated rings. The van der Waals surface area contributed by atoms with Gasteiger partial charge >= 0.3 is 0 Å². The molecule has 1 unspecified atom stereocenters. The van der Waals surface area contributed by atoms with Crippen LogP contribution in [0.15, 0.2) is 103 Å². The van der Waals surface area contributed by atoms with E-state index in [1.165, 1.54) is 15.6 Å². The van der Waals surface area contributed by atoms with E-state index >= 15 is 0 Å². The first-order chi connectivity index (χ1) is 12.7. The Balaban J connectivity index is 2.30. The summed E-state index contributed by atoms with van der Waals surface area (Å²) in [6.45, 7) is 4.49. The van der Waals surface area contributed by atoms with Crippen LogP contribution < -0.4 is 15.6 Å². The first-order valence-corrected chi connectivity index (χ1v) is 11.3. The lowest BCUT2D eigenvalue weighted by atomic mass is 10.3. The summed E-state index contributed by atoms with van der Waals surface area (Å²) in [5.41, 5.74) is 0. The molecule has 0 saturated heterocycles. The van der Waals surface area contributed by atoms with Gasteiger partial charge in [-0.1, -0.05) is 96.2 Å². The molecule has 1 nitrogen and oxygen atoms in total. The van der Waals surface area contributed by atoms with Gasteiger partial charge in [0, 0.05) is 5.88 Å². The molecule has 1 N–H and O–H groups in total. The second-order valence-electron chi connectivity index (χ2n) is 6.46. The highest BCUT2D eigenvalue weighted by Gasteiger charge is 2.42. The zero-order chi connectivity index (χ0) is 18.4.